The summed E-state index contributed by atoms with van der Waals surface area (Å²) in [5.74, 6) is -0.337. The lowest BCUT2D eigenvalue weighted by molar-refractivity contribution is -0.124. The van der Waals surface area contributed by atoms with Gasteiger partial charge in [-0.1, -0.05) is 39.3 Å². The van der Waals surface area contributed by atoms with Gasteiger partial charge in [-0.25, -0.2) is 0 Å². The molecule has 1 fully saturated rings. The standard InChI is InChI=1S/C20H30BrN3O2/c1-4-24-12-8-7-9-15(24)13-22-20(26)18(14(2)3)23-19(25)16-10-5-6-11-17(16)21/h5-6,10-11,14-15,18H,4,7-9,12-13H2,1-3H3,(H,22,26)(H,23,25). The van der Waals surface area contributed by atoms with Gasteiger partial charge >= 0.3 is 0 Å². The fourth-order valence-corrected chi connectivity index (χ4v) is 3.90. The second-order valence-corrected chi connectivity index (χ2v) is 8.05. The number of likely N-dealkylation sites (tertiary alicyclic amines) is 1. The van der Waals surface area contributed by atoms with Gasteiger partial charge in [-0.3, -0.25) is 14.5 Å². The number of halogens is 1. The molecule has 0 saturated carbocycles. The summed E-state index contributed by atoms with van der Waals surface area (Å²) in [5, 5.41) is 5.95. The first kappa shape index (κ1) is 20.9. The van der Waals surface area contributed by atoms with Gasteiger partial charge in [0.25, 0.3) is 5.91 Å². The zero-order valence-corrected chi connectivity index (χ0v) is 17.5. The molecule has 0 aliphatic carbocycles. The van der Waals surface area contributed by atoms with E-state index in [-0.39, 0.29) is 17.7 Å². The monoisotopic (exact) mass is 423 g/mol. The predicted octanol–water partition coefficient (Wildman–Crippen LogP) is 3.19. The van der Waals surface area contributed by atoms with Gasteiger partial charge in [0.15, 0.2) is 0 Å². The van der Waals surface area contributed by atoms with E-state index in [4.69, 9.17) is 0 Å². The minimum Gasteiger partial charge on any atom is -0.353 e. The fourth-order valence-electron chi connectivity index (χ4n) is 3.44. The summed E-state index contributed by atoms with van der Waals surface area (Å²) in [4.78, 5) is 27.7. The van der Waals surface area contributed by atoms with E-state index in [2.05, 4.69) is 38.4 Å². The van der Waals surface area contributed by atoms with Crippen molar-refractivity contribution in [2.75, 3.05) is 19.6 Å². The normalized spacial score (nSPS) is 19.2. The molecule has 1 aliphatic rings. The highest BCUT2D eigenvalue weighted by atomic mass is 79.9. The van der Waals surface area contributed by atoms with Crippen LogP contribution in [0.1, 0.15) is 50.4 Å². The Labute approximate surface area is 165 Å². The number of hydrogen-bond donors (Lipinski definition) is 2. The van der Waals surface area contributed by atoms with Crippen LogP contribution in [0.3, 0.4) is 0 Å². The molecule has 1 saturated heterocycles. The smallest absolute Gasteiger partial charge is 0.253 e. The van der Waals surface area contributed by atoms with Crippen molar-refractivity contribution in [1.82, 2.24) is 15.5 Å². The van der Waals surface area contributed by atoms with Gasteiger partial charge < -0.3 is 10.6 Å². The number of likely N-dealkylation sites (N-methyl/N-ethyl adjacent to an activating group) is 1. The molecule has 1 aromatic carbocycles. The van der Waals surface area contributed by atoms with Gasteiger partial charge in [-0.15, -0.1) is 0 Å². The lowest BCUT2D eigenvalue weighted by atomic mass is 10.0. The molecular weight excluding hydrogens is 394 g/mol. The molecule has 2 rings (SSSR count). The summed E-state index contributed by atoms with van der Waals surface area (Å²) in [6.07, 6.45) is 3.56. The van der Waals surface area contributed by atoms with E-state index < -0.39 is 6.04 Å². The third kappa shape index (κ3) is 5.55. The van der Waals surface area contributed by atoms with Crippen molar-refractivity contribution in [3.8, 4) is 0 Å². The third-order valence-corrected chi connectivity index (χ3v) is 5.71. The number of nitrogens with zero attached hydrogens (tertiary/aromatic N) is 1. The van der Waals surface area contributed by atoms with Crippen molar-refractivity contribution in [3.63, 3.8) is 0 Å². The highest BCUT2D eigenvalue weighted by Crippen LogP contribution is 2.17. The van der Waals surface area contributed by atoms with Crippen LogP contribution in [0.5, 0.6) is 0 Å². The van der Waals surface area contributed by atoms with Crippen molar-refractivity contribution in [1.29, 1.82) is 0 Å². The molecule has 2 N–H and O–H groups in total. The molecule has 2 amide bonds. The molecule has 26 heavy (non-hydrogen) atoms. The van der Waals surface area contributed by atoms with Crippen molar-refractivity contribution in [2.24, 2.45) is 5.92 Å². The summed E-state index contributed by atoms with van der Waals surface area (Å²) in [5.41, 5.74) is 0.537. The number of benzene rings is 1. The van der Waals surface area contributed by atoms with Gasteiger partial charge in [0.05, 0.1) is 5.56 Å². The molecule has 1 heterocycles. The molecule has 0 bridgehead atoms. The number of amides is 2. The van der Waals surface area contributed by atoms with Crippen LogP contribution in [-0.2, 0) is 4.79 Å². The van der Waals surface area contributed by atoms with E-state index in [1.165, 1.54) is 12.8 Å². The molecule has 0 radical (unpaired) electrons. The first-order valence-corrected chi connectivity index (χ1v) is 10.3. The van der Waals surface area contributed by atoms with Crippen LogP contribution in [0.25, 0.3) is 0 Å². The quantitative estimate of drug-likeness (QED) is 0.707. The number of piperidine rings is 1. The second-order valence-electron chi connectivity index (χ2n) is 7.20. The molecule has 1 aromatic rings. The van der Waals surface area contributed by atoms with Gasteiger partial charge in [-0.05, 0) is 59.9 Å². The van der Waals surface area contributed by atoms with E-state index in [9.17, 15) is 9.59 Å². The Morgan fingerprint density at radius 2 is 2.00 bits per heavy atom. The van der Waals surface area contributed by atoms with Crippen LogP contribution in [0.15, 0.2) is 28.7 Å². The Kier molecular flexibility index (Phi) is 8.10. The van der Waals surface area contributed by atoms with Gasteiger partial charge in [0.2, 0.25) is 5.91 Å². The maximum absolute atomic E-state index is 12.7. The minimum absolute atomic E-state index is 0.00933. The van der Waals surface area contributed by atoms with Crippen LogP contribution < -0.4 is 10.6 Å². The van der Waals surface area contributed by atoms with E-state index >= 15 is 0 Å². The zero-order chi connectivity index (χ0) is 19.1. The predicted molar refractivity (Wildman–Crippen MR) is 108 cm³/mol. The minimum atomic E-state index is -0.548. The number of carbonyl (C=O) groups is 2. The van der Waals surface area contributed by atoms with Crippen LogP contribution >= 0.6 is 15.9 Å². The molecule has 6 heteroatoms. The Hall–Kier alpha value is -1.40. The summed E-state index contributed by atoms with van der Waals surface area (Å²) >= 11 is 3.39. The summed E-state index contributed by atoms with van der Waals surface area (Å²) in [7, 11) is 0. The van der Waals surface area contributed by atoms with Crippen LogP contribution in [0.2, 0.25) is 0 Å². The average molecular weight is 424 g/mol. The Morgan fingerprint density at radius 3 is 2.65 bits per heavy atom. The molecule has 0 spiro atoms. The van der Waals surface area contributed by atoms with Gasteiger partial charge in [0.1, 0.15) is 6.04 Å². The number of rotatable bonds is 7. The fraction of sp³-hybridized carbons (Fsp3) is 0.600. The van der Waals surface area contributed by atoms with Crippen molar-refractivity contribution < 1.29 is 9.59 Å². The molecule has 1 aliphatic heterocycles. The Bertz CT molecular complexity index is 621. The molecule has 5 nitrogen and oxygen atoms in total. The maximum Gasteiger partial charge on any atom is 0.253 e. The van der Waals surface area contributed by atoms with Gasteiger partial charge in [0, 0.05) is 17.1 Å². The SMILES string of the molecule is CCN1CCCCC1CNC(=O)C(NC(=O)c1ccccc1Br)C(C)C. The zero-order valence-electron chi connectivity index (χ0n) is 15.9. The molecule has 2 unspecified atom stereocenters. The summed E-state index contributed by atoms with van der Waals surface area (Å²) in [6, 6.07) is 7.08. The molecule has 2 atom stereocenters. The topological polar surface area (TPSA) is 61.4 Å². The average Bonchev–Trinajstić information content (AvgIpc) is 2.64. The van der Waals surface area contributed by atoms with E-state index in [1.54, 1.807) is 6.07 Å². The van der Waals surface area contributed by atoms with E-state index in [0.717, 1.165) is 24.0 Å². The molecule has 0 aromatic heterocycles. The second kappa shape index (κ2) is 10.1. The van der Waals surface area contributed by atoms with Gasteiger partial charge in [-0.2, -0.15) is 0 Å². The van der Waals surface area contributed by atoms with Crippen molar-refractivity contribution in [2.45, 2.75) is 52.1 Å². The largest absolute Gasteiger partial charge is 0.353 e. The van der Waals surface area contributed by atoms with Crippen molar-refractivity contribution >= 4 is 27.7 Å². The lowest BCUT2D eigenvalue weighted by Gasteiger charge is -2.35. The lowest BCUT2D eigenvalue weighted by Crippen LogP contribution is -2.53. The number of nitrogens with one attached hydrogen (secondary N) is 2. The highest BCUT2D eigenvalue weighted by Gasteiger charge is 2.27. The first-order valence-electron chi connectivity index (χ1n) is 9.51. The molecule has 144 valence electrons. The van der Waals surface area contributed by atoms with Crippen LogP contribution in [0.4, 0.5) is 0 Å². The number of hydrogen-bond acceptors (Lipinski definition) is 3. The van der Waals surface area contributed by atoms with E-state index in [1.807, 2.05) is 32.0 Å². The van der Waals surface area contributed by atoms with E-state index in [0.29, 0.717) is 18.2 Å². The van der Waals surface area contributed by atoms with Crippen molar-refractivity contribution in [3.05, 3.63) is 34.3 Å². The maximum atomic E-state index is 12.7. The summed E-state index contributed by atoms with van der Waals surface area (Å²) < 4.78 is 0.723. The van der Waals surface area contributed by atoms with Crippen LogP contribution in [0, 0.1) is 5.92 Å². The van der Waals surface area contributed by atoms with Crippen LogP contribution in [-0.4, -0.2) is 48.4 Å². The first-order chi connectivity index (χ1) is 12.4. The Morgan fingerprint density at radius 1 is 1.27 bits per heavy atom. The highest BCUT2D eigenvalue weighted by molar-refractivity contribution is 9.10. The molecular formula is C20H30BrN3O2. The third-order valence-electron chi connectivity index (χ3n) is 5.02. The number of carbonyl (C=O) groups excluding carboxylic acids is 2. The summed E-state index contributed by atoms with van der Waals surface area (Å²) in [6.45, 7) is 8.80. The Balaban J connectivity index is 1.96.